The second-order valence-corrected chi connectivity index (χ2v) is 3.91. The number of hydrogen-bond acceptors (Lipinski definition) is 4. The van der Waals surface area contributed by atoms with E-state index in [-0.39, 0.29) is 24.0 Å². The van der Waals surface area contributed by atoms with Gasteiger partial charge in [0.25, 0.3) is 5.91 Å². The fourth-order valence-electron chi connectivity index (χ4n) is 1.53. The number of oxime groups is 1. The van der Waals surface area contributed by atoms with Crippen molar-refractivity contribution in [2.75, 3.05) is 13.1 Å². The van der Waals surface area contributed by atoms with Gasteiger partial charge in [-0.2, -0.15) is 0 Å². The van der Waals surface area contributed by atoms with E-state index in [0.717, 1.165) is 0 Å². The average molecular weight is 251 g/mol. The van der Waals surface area contributed by atoms with Gasteiger partial charge in [0, 0.05) is 12.1 Å². The molecule has 0 aliphatic rings. The van der Waals surface area contributed by atoms with Crippen LogP contribution in [-0.4, -0.2) is 40.0 Å². The average Bonchev–Trinajstić information content (AvgIpc) is 2.38. The number of phenols is 1. The fourth-order valence-corrected chi connectivity index (χ4v) is 1.53. The molecule has 0 fully saturated rings. The highest BCUT2D eigenvalue weighted by Gasteiger charge is 2.16. The molecule has 0 spiro atoms. The Bertz CT molecular complexity index is 472. The third kappa shape index (κ3) is 3.13. The first-order valence-electron chi connectivity index (χ1n) is 5.54. The highest BCUT2D eigenvalue weighted by Crippen LogP contribution is 2.18. The molecule has 6 heteroatoms. The number of likely N-dealkylation sites (N-methyl/N-ethyl adjacent to an activating group) is 1. The maximum atomic E-state index is 12.1. The zero-order valence-electron chi connectivity index (χ0n) is 10.4. The first-order valence-corrected chi connectivity index (χ1v) is 5.54. The molecule has 0 aliphatic heterocycles. The molecule has 0 saturated heterocycles. The fraction of sp³-hybridized carbons (Fsp3) is 0.333. The summed E-state index contributed by atoms with van der Waals surface area (Å²) in [6.07, 6.45) is 0. The third-order valence-electron chi connectivity index (χ3n) is 2.59. The Hall–Kier alpha value is -2.24. The summed E-state index contributed by atoms with van der Waals surface area (Å²) in [7, 11) is 0. The first-order chi connectivity index (χ1) is 8.49. The molecule has 0 aliphatic carbocycles. The van der Waals surface area contributed by atoms with Gasteiger partial charge in [0.1, 0.15) is 5.75 Å². The van der Waals surface area contributed by atoms with Crippen molar-refractivity contribution in [1.82, 2.24) is 4.90 Å². The van der Waals surface area contributed by atoms with E-state index in [1.807, 2.05) is 0 Å². The summed E-state index contributed by atoms with van der Waals surface area (Å²) in [5.74, 6) is -0.112. The van der Waals surface area contributed by atoms with Crippen molar-refractivity contribution in [1.29, 1.82) is 0 Å². The number of rotatable bonds is 4. The minimum Gasteiger partial charge on any atom is -0.508 e. The number of hydrogen-bond donors (Lipinski definition) is 3. The van der Waals surface area contributed by atoms with Gasteiger partial charge in [0.05, 0.1) is 6.54 Å². The number of amides is 1. The van der Waals surface area contributed by atoms with E-state index in [0.29, 0.717) is 17.7 Å². The van der Waals surface area contributed by atoms with Gasteiger partial charge in [-0.3, -0.25) is 4.79 Å². The van der Waals surface area contributed by atoms with Crippen LogP contribution in [0.1, 0.15) is 22.8 Å². The topological polar surface area (TPSA) is 99.1 Å². The van der Waals surface area contributed by atoms with Gasteiger partial charge < -0.3 is 20.9 Å². The van der Waals surface area contributed by atoms with Crippen molar-refractivity contribution in [3.8, 4) is 5.75 Å². The zero-order chi connectivity index (χ0) is 13.7. The normalized spacial score (nSPS) is 11.3. The Morgan fingerprint density at radius 2 is 2.17 bits per heavy atom. The van der Waals surface area contributed by atoms with E-state index in [2.05, 4.69) is 5.16 Å². The van der Waals surface area contributed by atoms with Gasteiger partial charge in [0.2, 0.25) is 0 Å². The molecule has 0 atom stereocenters. The number of carbonyl (C=O) groups excluding carboxylic acids is 1. The van der Waals surface area contributed by atoms with Gasteiger partial charge in [-0.1, -0.05) is 5.16 Å². The quantitative estimate of drug-likeness (QED) is 0.320. The van der Waals surface area contributed by atoms with Crippen LogP contribution in [0.25, 0.3) is 0 Å². The van der Waals surface area contributed by atoms with Gasteiger partial charge in [-0.15, -0.1) is 0 Å². The highest BCUT2D eigenvalue weighted by molar-refractivity contribution is 5.97. The Morgan fingerprint density at radius 1 is 1.50 bits per heavy atom. The zero-order valence-corrected chi connectivity index (χ0v) is 10.4. The van der Waals surface area contributed by atoms with Gasteiger partial charge in [0.15, 0.2) is 5.84 Å². The van der Waals surface area contributed by atoms with Crippen LogP contribution in [0, 0.1) is 6.92 Å². The van der Waals surface area contributed by atoms with Crippen LogP contribution in [0.4, 0.5) is 0 Å². The van der Waals surface area contributed by atoms with Crippen molar-refractivity contribution < 1.29 is 15.1 Å². The van der Waals surface area contributed by atoms with Crippen molar-refractivity contribution in [2.45, 2.75) is 13.8 Å². The van der Waals surface area contributed by atoms with E-state index >= 15 is 0 Å². The maximum absolute atomic E-state index is 12.1. The summed E-state index contributed by atoms with van der Waals surface area (Å²) < 4.78 is 0. The molecule has 0 saturated carbocycles. The first kappa shape index (κ1) is 13.8. The summed E-state index contributed by atoms with van der Waals surface area (Å²) in [6.45, 7) is 4.02. The molecule has 0 unspecified atom stereocenters. The van der Waals surface area contributed by atoms with E-state index < -0.39 is 0 Å². The van der Waals surface area contributed by atoms with Crippen LogP contribution in [-0.2, 0) is 0 Å². The minimum absolute atomic E-state index is 0.0271. The summed E-state index contributed by atoms with van der Waals surface area (Å²) in [5, 5.41) is 20.8. The van der Waals surface area contributed by atoms with Crippen molar-refractivity contribution in [3.63, 3.8) is 0 Å². The molecule has 0 aromatic heterocycles. The Morgan fingerprint density at radius 3 is 2.67 bits per heavy atom. The number of nitrogens with two attached hydrogens (primary N) is 1. The third-order valence-corrected chi connectivity index (χ3v) is 2.59. The Kier molecular flexibility index (Phi) is 4.53. The number of aryl methyl sites for hydroxylation is 1. The number of aromatic hydroxyl groups is 1. The van der Waals surface area contributed by atoms with Crippen molar-refractivity contribution in [3.05, 3.63) is 29.3 Å². The molecule has 1 rings (SSSR count). The van der Waals surface area contributed by atoms with E-state index in [4.69, 9.17) is 10.9 Å². The molecule has 4 N–H and O–H groups in total. The summed E-state index contributed by atoms with van der Waals surface area (Å²) in [5.41, 5.74) is 6.47. The molecular weight excluding hydrogens is 234 g/mol. The lowest BCUT2D eigenvalue weighted by Gasteiger charge is -2.20. The predicted octanol–water partition coefficient (Wildman–Crippen LogP) is 0.909. The number of phenolic OH excluding ortho intramolecular Hbond substituents is 1. The SMILES string of the molecule is CCN(C/C(N)=N/O)C(=O)c1ccc(O)c(C)c1. The van der Waals surface area contributed by atoms with Crippen molar-refractivity contribution in [2.24, 2.45) is 10.9 Å². The molecule has 0 heterocycles. The van der Waals surface area contributed by atoms with E-state index in [1.54, 1.807) is 26.0 Å². The largest absolute Gasteiger partial charge is 0.508 e. The molecule has 1 amide bonds. The lowest BCUT2D eigenvalue weighted by molar-refractivity contribution is 0.0786. The van der Waals surface area contributed by atoms with E-state index in [9.17, 15) is 9.90 Å². The lowest BCUT2D eigenvalue weighted by Crippen LogP contribution is -2.38. The Labute approximate surface area is 105 Å². The molecule has 1 aromatic rings. The number of amidine groups is 1. The van der Waals surface area contributed by atoms with Crippen LogP contribution in [0.15, 0.2) is 23.4 Å². The summed E-state index contributed by atoms with van der Waals surface area (Å²) >= 11 is 0. The summed E-state index contributed by atoms with van der Waals surface area (Å²) in [4.78, 5) is 13.6. The standard InChI is InChI=1S/C12H17N3O3/c1-3-15(7-11(13)14-18)12(17)9-4-5-10(16)8(2)6-9/h4-6,16,18H,3,7H2,1-2H3,(H2,13,14). The van der Waals surface area contributed by atoms with Crippen LogP contribution < -0.4 is 5.73 Å². The van der Waals surface area contributed by atoms with Crippen LogP contribution in [0.2, 0.25) is 0 Å². The minimum atomic E-state index is -0.229. The lowest BCUT2D eigenvalue weighted by atomic mass is 10.1. The predicted molar refractivity (Wildman–Crippen MR) is 67.8 cm³/mol. The smallest absolute Gasteiger partial charge is 0.254 e. The van der Waals surface area contributed by atoms with Crippen LogP contribution in [0.3, 0.4) is 0 Å². The molecule has 6 nitrogen and oxygen atoms in total. The number of benzene rings is 1. The monoisotopic (exact) mass is 251 g/mol. The maximum Gasteiger partial charge on any atom is 0.254 e. The molecule has 1 aromatic carbocycles. The molecule has 98 valence electrons. The van der Waals surface area contributed by atoms with Gasteiger partial charge in [-0.25, -0.2) is 0 Å². The molecule has 0 radical (unpaired) electrons. The second-order valence-electron chi connectivity index (χ2n) is 3.91. The number of carbonyl (C=O) groups is 1. The Balaban J connectivity index is 2.93. The number of nitrogens with zero attached hydrogens (tertiary/aromatic N) is 2. The van der Waals surface area contributed by atoms with Crippen LogP contribution >= 0.6 is 0 Å². The van der Waals surface area contributed by atoms with Gasteiger partial charge in [-0.05, 0) is 37.6 Å². The van der Waals surface area contributed by atoms with Crippen molar-refractivity contribution >= 4 is 11.7 Å². The van der Waals surface area contributed by atoms with Gasteiger partial charge >= 0.3 is 0 Å². The van der Waals surface area contributed by atoms with E-state index in [1.165, 1.54) is 11.0 Å². The summed E-state index contributed by atoms with van der Waals surface area (Å²) in [6, 6.07) is 4.62. The molecule has 0 bridgehead atoms. The molecular formula is C12H17N3O3. The highest BCUT2D eigenvalue weighted by atomic mass is 16.4. The second kappa shape index (κ2) is 5.90. The van der Waals surface area contributed by atoms with Crippen LogP contribution in [0.5, 0.6) is 5.75 Å². The molecule has 18 heavy (non-hydrogen) atoms.